The van der Waals surface area contributed by atoms with E-state index < -0.39 is 24.3 Å². The summed E-state index contributed by atoms with van der Waals surface area (Å²) in [5.41, 5.74) is 5.47. The number of hydrogen-bond donors (Lipinski definition) is 4. The monoisotopic (exact) mass is 874 g/mol. The van der Waals surface area contributed by atoms with Gasteiger partial charge in [-0.15, -0.1) is 0 Å². The van der Waals surface area contributed by atoms with Gasteiger partial charge in [0.25, 0.3) is 0 Å². The average molecular weight is 875 g/mol. The van der Waals surface area contributed by atoms with Crippen molar-refractivity contribution in [3.05, 3.63) is 72.3 Å². The number of carbonyl (C=O) groups excluding carboxylic acids is 4. The summed E-state index contributed by atoms with van der Waals surface area (Å²) in [6, 6.07) is 18.8. The molecule has 0 saturated carbocycles. The second kappa shape index (κ2) is 18.5. The molecule has 0 radical (unpaired) electrons. The van der Waals surface area contributed by atoms with Crippen molar-refractivity contribution >= 4 is 67.6 Å². The normalized spacial score (nSPS) is 19.9. The summed E-state index contributed by atoms with van der Waals surface area (Å²) >= 11 is 0. The molecule has 16 heteroatoms. The number of likely N-dealkylation sites (tertiary alicyclic amines) is 2. The Bertz CT molecular complexity index is 2530. The minimum Gasteiger partial charge on any atom is -0.453 e. The zero-order valence-electron chi connectivity index (χ0n) is 37.7. The smallest absolute Gasteiger partial charge is 0.407 e. The van der Waals surface area contributed by atoms with Crippen molar-refractivity contribution in [2.24, 2.45) is 23.7 Å². The van der Waals surface area contributed by atoms with E-state index in [0.29, 0.717) is 50.8 Å². The molecule has 6 atom stereocenters. The molecule has 2 aromatic heterocycles. The molecule has 4 amide bonds. The lowest BCUT2D eigenvalue weighted by molar-refractivity contribution is -0.136. The molecule has 2 aliphatic heterocycles. The Morgan fingerprint density at radius 2 is 1.03 bits per heavy atom. The summed E-state index contributed by atoms with van der Waals surface area (Å²) in [5, 5.41) is 9.49. The maximum Gasteiger partial charge on any atom is 0.407 e. The Morgan fingerprint density at radius 3 is 1.39 bits per heavy atom. The van der Waals surface area contributed by atoms with Crippen LogP contribution < -0.4 is 10.6 Å². The first-order valence-corrected chi connectivity index (χ1v) is 21.9. The maximum absolute atomic E-state index is 14.0. The van der Waals surface area contributed by atoms with Gasteiger partial charge in [-0.2, -0.15) is 0 Å². The van der Waals surface area contributed by atoms with Crippen LogP contribution in [0.1, 0.15) is 64.3 Å². The Balaban J connectivity index is 1.07. The molecule has 0 bridgehead atoms. The van der Waals surface area contributed by atoms with Crippen LogP contribution in [0.15, 0.2) is 60.7 Å². The summed E-state index contributed by atoms with van der Waals surface area (Å²) in [5.74, 6) is 0.914. The van der Waals surface area contributed by atoms with Crippen LogP contribution in [-0.2, 0) is 28.5 Å². The number of imidazole rings is 2. The van der Waals surface area contributed by atoms with E-state index in [9.17, 15) is 19.2 Å². The number of rotatable bonds is 13. The fourth-order valence-electron chi connectivity index (χ4n) is 9.64. The molecular weight excluding hydrogens is 817 g/mol. The van der Waals surface area contributed by atoms with Crippen LogP contribution in [0.25, 0.3) is 54.7 Å². The number of alkyl carbamates (subject to hydrolysis) is 2. The van der Waals surface area contributed by atoms with Gasteiger partial charge >= 0.3 is 12.2 Å². The standard InChI is InChI=1S/C48H58N8O8/c1-25(2)39(53-47(59)63-7)45(57)55-21-27(23-61-5)17-37(55)43-49-35-15-11-31-19-29(9-13-33(31)41(35)51-43)30-10-14-34-32(20-30)12-16-36-42(34)52-44(50-36)38-18-28(24-62-6)22-56(38)46(58)40(26(3)4)54-48(60)64-8/h9-16,19-20,25-28,37-40H,17-18,21-24H2,1-8H3,(H,49,51)(H,50,52)(H,53,59)(H,54,60)/t27-,28-,37-,38-,39-,40?/m0/s1. The highest BCUT2D eigenvalue weighted by Gasteiger charge is 2.43. The second-order valence-electron chi connectivity index (χ2n) is 17.9. The number of amides is 4. The summed E-state index contributed by atoms with van der Waals surface area (Å²) < 4.78 is 20.7. The third kappa shape index (κ3) is 8.55. The van der Waals surface area contributed by atoms with Crippen molar-refractivity contribution in [1.29, 1.82) is 0 Å². The van der Waals surface area contributed by atoms with E-state index in [0.717, 1.165) is 54.7 Å². The molecule has 16 nitrogen and oxygen atoms in total. The van der Waals surface area contributed by atoms with Gasteiger partial charge in [0.05, 0.1) is 61.6 Å². The molecule has 0 aliphatic carbocycles. The number of aromatic amines is 2. The van der Waals surface area contributed by atoms with Gasteiger partial charge < -0.3 is 49.3 Å². The number of H-pyrrole nitrogens is 2. The maximum atomic E-state index is 14.0. The quantitative estimate of drug-likeness (QED) is 0.0919. The van der Waals surface area contributed by atoms with Crippen molar-refractivity contribution in [3.63, 3.8) is 0 Å². The van der Waals surface area contributed by atoms with Crippen molar-refractivity contribution in [2.45, 2.75) is 64.7 Å². The predicted octanol–water partition coefficient (Wildman–Crippen LogP) is 7.25. The SMILES string of the molecule is COC[C@H]1C[C@@H](c2nc3c(ccc4cc(-c5ccc6c(ccc7[nH]c([C@@H]8C[C@H](COC)CN8C(=O)[C@@H](NC(=O)OC)C(C)C)nc76)c5)ccc43)[nH]2)N(C(=O)C(NC(=O)OC)C(C)C)C1. The summed E-state index contributed by atoms with van der Waals surface area (Å²) in [4.78, 5) is 73.5. The lowest BCUT2D eigenvalue weighted by Crippen LogP contribution is -2.51. The molecule has 64 heavy (non-hydrogen) atoms. The Morgan fingerprint density at radius 1 is 0.625 bits per heavy atom. The van der Waals surface area contributed by atoms with Gasteiger partial charge in [-0.1, -0.05) is 64.1 Å². The molecule has 4 aromatic carbocycles. The molecule has 1 unspecified atom stereocenters. The summed E-state index contributed by atoms with van der Waals surface area (Å²) in [7, 11) is 5.90. The van der Waals surface area contributed by atoms with Crippen LogP contribution in [0.5, 0.6) is 0 Å². The van der Waals surface area contributed by atoms with Crippen LogP contribution in [0.3, 0.4) is 0 Å². The third-order valence-corrected chi connectivity index (χ3v) is 12.9. The number of methoxy groups -OCH3 is 4. The number of nitrogens with one attached hydrogen (secondary N) is 4. The first-order valence-electron chi connectivity index (χ1n) is 21.9. The van der Waals surface area contributed by atoms with E-state index in [4.69, 9.17) is 28.9 Å². The van der Waals surface area contributed by atoms with Gasteiger partial charge in [-0.3, -0.25) is 9.59 Å². The van der Waals surface area contributed by atoms with Gasteiger partial charge in [-0.05, 0) is 70.8 Å². The van der Waals surface area contributed by atoms with Crippen LogP contribution in [0, 0.1) is 23.7 Å². The highest BCUT2D eigenvalue weighted by Crippen LogP contribution is 2.40. The number of fused-ring (bicyclic) bond motifs is 6. The number of nitrogens with zero attached hydrogens (tertiary/aromatic N) is 4. The van der Waals surface area contributed by atoms with Gasteiger partial charge in [0.2, 0.25) is 11.8 Å². The second-order valence-corrected chi connectivity index (χ2v) is 17.9. The zero-order chi connectivity index (χ0) is 45.4. The largest absolute Gasteiger partial charge is 0.453 e. The average Bonchev–Trinajstić information content (AvgIpc) is 4.11. The number of aromatic nitrogens is 4. The Hall–Kier alpha value is -6.26. The van der Waals surface area contributed by atoms with Crippen LogP contribution in [0.4, 0.5) is 9.59 Å². The first-order chi connectivity index (χ1) is 30.8. The van der Waals surface area contributed by atoms with Crippen LogP contribution >= 0.6 is 0 Å². The molecule has 2 aliphatic rings. The number of ether oxygens (including phenoxy) is 4. The van der Waals surface area contributed by atoms with Crippen molar-refractivity contribution in [1.82, 2.24) is 40.4 Å². The predicted molar refractivity (Wildman–Crippen MR) is 243 cm³/mol. The van der Waals surface area contributed by atoms with Crippen molar-refractivity contribution < 1.29 is 38.1 Å². The van der Waals surface area contributed by atoms with Crippen molar-refractivity contribution in [2.75, 3.05) is 54.7 Å². The van der Waals surface area contributed by atoms with Gasteiger partial charge in [0.1, 0.15) is 23.7 Å². The number of carbonyl (C=O) groups is 4. The molecule has 2 fully saturated rings. The van der Waals surface area contributed by atoms with Gasteiger partial charge in [-0.25, -0.2) is 19.6 Å². The Labute approximate surface area is 371 Å². The summed E-state index contributed by atoms with van der Waals surface area (Å²) in [6.07, 6.45) is 0.0407. The minimum atomic E-state index is -0.755. The van der Waals surface area contributed by atoms with E-state index >= 15 is 0 Å². The third-order valence-electron chi connectivity index (χ3n) is 12.9. The molecule has 4 heterocycles. The molecule has 2 saturated heterocycles. The van der Waals surface area contributed by atoms with Crippen LogP contribution in [0.2, 0.25) is 0 Å². The lowest BCUT2D eigenvalue weighted by Gasteiger charge is -2.30. The highest BCUT2D eigenvalue weighted by atomic mass is 16.5. The van der Waals surface area contributed by atoms with Gasteiger partial charge in [0.15, 0.2) is 0 Å². The van der Waals surface area contributed by atoms with E-state index in [1.54, 1.807) is 14.2 Å². The van der Waals surface area contributed by atoms with E-state index in [-0.39, 0.29) is 47.6 Å². The van der Waals surface area contributed by atoms with E-state index in [1.165, 1.54) is 14.2 Å². The highest BCUT2D eigenvalue weighted by molar-refractivity contribution is 6.07. The Kier molecular flexibility index (Phi) is 12.8. The molecule has 338 valence electrons. The molecule has 0 spiro atoms. The fraction of sp³-hybridized carbons (Fsp3) is 0.458. The fourth-order valence-corrected chi connectivity index (χ4v) is 9.64. The molecular formula is C48H58N8O8. The molecule has 6 aromatic rings. The molecule has 8 rings (SSSR count). The van der Waals surface area contributed by atoms with Gasteiger partial charge in [0, 0.05) is 49.9 Å². The molecule has 4 N–H and O–H groups in total. The lowest BCUT2D eigenvalue weighted by atomic mass is 9.98. The van der Waals surface area contributed by atoms with E-state index in [1.807, 2.05) is 49.6 Å². The van der Waals surface area contributed by atoms with Crippen LogP contribution in [-0.4, -0.2) is 121 Å². The van der Waals surface area contributed by atoms with Crippen molar-refractivity contribution in [3.8, 4) is 11.1 Å². The minimum absolute atomic E-state index is 0.105. The summed E-state index contributed by atoms with van der Waals surface area (Å²) in [6.45, 7) is 9.56. The number of benzene rings is 4. The topological polar surface area (TPSA) is 193 Å². The van der Waals surface area contributed by atoms with E-state index in [2.05, 4.69) is 69.1 Å². The zero-order valence-corrected chi connectivity index (χ0v) is 37.7. The first kappa shape index (κ1) is 44.4. The number of hydrogen-bond acceptors (Lipinski definition) is 10.